The van der Waals surface area contributed by atoms with Crippen molar-refractivity contribution in [2.75, 3.05) is 11.5 Å². The number of nitrogens with one attached hydrogen (secondary N) is 1. The van der Waals surface area contributed by atoms with Gasteiger partial charge in [0.05, 0.1) is 23.5 Å². The lowest BCUT2D eigenvalue weighted by Gasteiger charge is -2.21. The highest BCUT2D eigenvalue weighted by Gasteiger charge is 2.23. The number of anilines is 1. The van der Waals surface area contributed by atoms with Gasteiger partial charge in [-0.3, -0.25) is 4.57 Å². The van der Waals surface area contributed by atoms with Crippen LogP contribution in [0.25, 0.3) is 0 Å². The summed E-state index contributed by atoms with van der Waals surface area (Å²) < 4.78 is 11.3. The van der Waals surface area contributed by atoms with Gasteiger partial charge in [-0.2, -0.15) is 5.26 Å². The smallest absolute Gasteiger partial charge is 0.327 e. The Morgan fingerprint density at radius 1 is 1.10 bits per heavy atom. The summed E-state index contributed by atoms with van der Waals surface area (Å²) in [7, 11) is -4.19. The van der Waals surface area contributed by atoms with Gasteiger partial charge in [0.1, 0.15) is 6.07 Å². The molecule has 0 saturated carbocycles. The van der Waals surface area contributed by atoms with Crippen LogP contribution in [0, 0.1) is 11.3 Å². The van der Waals surface area contributed by atoms with Gasteiger partial charge in [-0.25, -0.2) is 0 Å². The minimum absolute atomic E-state index is 0.337. The second-order valence-electron chi connectivity index (χ2n) is 4.61. The molecule has 2 aromatic rings. The van der Waals surface area contributed by atoms with Gasteiger partial charge >= 0.3 is 7.60 Å². The molecule has 108 valence electrons. The van der Waals surface area contributed by atoms with Crippen LogP contribution in [0.2, 0.25) is 0 Å². The van der Waals surface area contributed by atoms with Crippen molar-refractivity contribution in [2.24, 2.45) is 0 Å². The number of hydrogen-bond donors (Lipinski definition) is 3. The highest BCUT2D eigenvalue weighted by molar-refractivity contribution is 7.51. The summed E-state index contributed by atoms with van der Waals surface area (Å²) in [5, 5.41) is 12.1. The Hall–Kier alpha value is -2.12. The van der Waals surface area contributed by atoms with Crippen molar-refractivity contribution in [3.05, 3.63) is 65.7 Å². The molecule has 21 heavy (non-hydrogen) atoms. The molecule has 0 aliphatic heterocycles. The molecule has 2 rings (SSSR count). The fourth-order valence-corrected chi connectivity index (χ4v) is 2.83. The molecule has 3 N–H and O–H groups in total. The number of para-hydroxylation sites is 1. The SMILES string of the molecule is N#Cc1ccccc1NC(CP(=O)(O)O)c1ccccc1. The van der Waals surface area contributed by atoms with Gasteiger partial charge in [0, 0.05) is 0 Å². The first-order chi connectivity index (χ1) is 9.99. The summed E-state index contributed by atoms with van der Waals surface area (Å²) >= 11 is 0. The second-order valence-corrected chi connectivity index (χ2v) is 6.31. The summed E-state index contributed by atoms with van der Waals surface area (Å²) in [4.78, 5) is 18.5. The van der Waals surface area contributed by atoms with E-state index >= 15 is 0 Å². The summed E-state index contributed by atoms with van der Waals surface area (Å²) in [6.07, 6.45) is -0.337. The van der Waals surface area contributed by atoms with Gasteiger partial charge in [-0.1, -0.05) is 42.5 Å². The van der Waals surface area contributed by atoms with Crippen molar-refractivity contribution in [1.29, 1.82) is 5.26 Å². The van der Waals surface area contributed by atoms with Crippen LogP contribution in [0.4, 0.5) is 5.69 Å². The fraction of sp³-hybridized carbons (Fsp3) is 0.133. The average Bonchev–Trinajstić information content (AvgIpc) is 2.47. The predicted octanol–water partition coefficient (Wildman–Crippen LogP) is 2.89. The van der Waals surface area contributed by atoms with Gasteiger partial charge in [0.25, 0.3) is 0 Å². The Labute approximate surface area is 123 Å². The minimum Gasteiger partial charge on any atom is -0.377 e. The molecule has 6 heteroatoms. The minimum atomic E-state index is -4.19. The average molecular weight is 302 g/mol. The van der Waals surface area contributed by atoms with Crippen molar-refractivity contribution in [3.8, 4) is 6.07 Å². The summed E-state index contributed by atoms with van der Waals surface area (Å²) in [6, 6.07) is 17.4. The molecule has 0 radical (unpaired) electrons. The monoisotopic (exact) mass is 302 g/mol. The van der Waals surface area contributed by atoms with E-state index in [0.717, 1.165) is 5.56 Å². The zero-order valence-corrected chi connectivity index (χ0v) is 12.1. The van der Waals surface area contributed by atoms with Crippen LogP contribution in [-0.4, -0.2) is 15.9 Å². The molecule has 2 aromatic carbocycles. The number of benzene rings is 2. The van der Waals surface area contributed by atoms with Crippen LogP contribution < -0.4 is 5.32 Å². The van der Waals surface area contributed by atoms with Gasteiger partial charge in [-0.05, 0) is 17.7 Å². The molecule has 0 heterocycles. The van der Waals surface area contributed by atoms with Crippen LogP contribution >= 0.6 is 7.60 Å². The van der Waals surface area contributed by atoms with E-state index in [2.05, 4.69) is 11.4 Å². The number of nitriles is 1. The molecule has 0 saturated heterocycles. The Kier molecular flexibility index (Phi) is 4.77. The lowest BCUT2D eigenvalue weighted by Crippen LogP contribution is -2.16. The number of nitrogens with zero attached hydrogens (tertiary/aromatic N) is 1. The van der Waals surface area contributed by atoms with Crippen LogP contribution in [0.1, 0.15) is 17.2 Å². The highest BCUT2D eigenvalue weighted by Crippen LogP contribution is 2.40. The zero-order chi connectivity index (χ0) is 15.3. The molecule has 0 aliphatic rings. The largest absolute Gasteiger partial charge is 0.377 e. The van der Waals surface area contributed by atoms with E-state index in [-0.39, 0.29) is 6.16 Å². The van der Waals surface area contributed by atoms with Crippen LogP contribution in [-0.2, 0) is 4.57 Å². The van der Waals surface area contributed by atoms with E-state index in [4.69, 9.17) is 5.26 Å². The van der Waals surface area contributed by atoms with Gasteiger partial charge < -0.3 is 15.1 Å². The first-order valence-electron chi connectivity index (χ1n) is 6.35. The third kappa shape index (κ3) is 4.44. The van der Waals surface area contributed by atoms with Gasteiger partial charge in [0.2, 0.25) is 0 Å². The first kappa shape index (κ1) is 15.3. The van der Waals surface area contributed by atoms with Crippen molar-refractivity contribution in [1.82, 2.24) is 0 Å². The first-order valence-corrected chi connectivity index (χ1v) is 8.14. The van der Waals surface area contributed by atoms with E-state index in [0.29, 0.717) is 11.3 Å². The normalized spacial score (nSPS) is 12.4. The molecule has 5 nitrogen and oxygen atoms in total. The van der Waals surface area contributed by atoms with Gasteiger partial charge in [0.15, 0.2) is 0 Å². The van der Waals surface area contributed by atoms with E-state index in [1.807, 2.05) is 6.07 Å². The molecule has 0 aliphatic carbocycles. The lowest BCUT2D eigenvalue weighted by molar-refractivity contribution is 0.370. The molecular weight excluding hydrogens is 287 g/mol. The lowest BCUT2D eigenvalue weighted by atomic mass is 10.1. The molecule has 0 spiro atoms. The maximum absolute atomic E-state index is 11.3. The Morgan fingerprint density at radius 2 is 1.71 bits per heavy atom. The molecule has 0 aromatic heterocycles. The third-order valence-electron chi connectivity index (χ3n) is 3.00. The van der Waals surface area contributed by atoms with Gasteiger partial charge in [-0.15, -0.1) is 0 Å². The summed E-state index contributed by atoms with van der Waals surface area (Å²) in [5.41, 5.74) is 1.75. The summed E-state index contributed by atoms with van der Waals surface area (Å²) in [6.45, 7) is 0. The molecule has 0 fully saturated rings. The van der Waals surface area contributed by atoms with Crippen LogP contribution in [0.5, 0.6) is 0 Å². The standard InChI is InChI=1S/C15H15N2O3P/c16-10-13-8-4-5-9-14(13)17-15(11-21(18,19)20)12-6-2-1-3-7-12/h1-9,15,17H,11H2,(H2,18,19,20). The maximum atomic E-state index is 11.3. The van der Waals surface area contributed by atoms with Crippen LogP contribution in [0.15, 0.2) is 54.6 Å². The number of hydrogen-bond acceptors (Lipinski definition) is 3. The molecule has 0 amide bonds. The summed E-state index contributed by atoms with van der Waals surface area (Å²) in [5.74, 6) is 0. The Morgan fingerprint density at radius 3 is 2.33 bits per heavy atom. The molecule has 1 atom stereocenters. The highest BCUT2D eigenvalue weighted by atomic mass is 31.2. The van der Waals surface area contributed by atoms with Crippen LogP contribution in [0.3, 0.4) is 0 Å². The van der Waals surface area contributed by atoms with E-state index in [1.54, 1.807) is 48.5 Å². The molecule has 1 unspecified atom stereocenters. The maximum Gasteiger partial charge on any atom is 0.327 e. The third-order valence-corrected chi connectivity index (χ3v) is 3.84. The Bertz CT molecular complexity index is 692. The quantitative estimate of drug-likeness (QED) is 0.738. The molecule has 0 bridgehead atoms. The Balaban J connectivity index is 2.33. The number of rotatable bonds is 5. The van der Waals surface area contributed by atoms with E-state index in [9.17, 15) is 14.4 Å². The van der Waals surface area contributed by atoms with Crippen molar-refractivity contribution < 1.29 is 14.4 Å². The van der Waals surface area contributed by atoms with E-state index < -0.39 is 13.6 Å². The second kappa shape index (κ2) is 6.55. The topological polar surface area (TPSA) is 93.4 Å². The fourth-order valence-electron chi connectivity index (χ4n) is 2.05. The van der Waals surface area contributed by atoms with Crippen molar-refractivity contribution in [3.63, 3.8) is 0 Å². The van der Waals surface area contributed by atoms with Crippen molar-refractivity contribution in [2.45, 2.75) is 6.04 Å². The van der Waals surface area contributed by atoms with E-state index in [1.165, 1.54) is 0 Å². The predicted molar refractivity (Wildman–Crippen MR) is 80.9 cm³/mol. The van der Waals surface area contributed by atoms with Crippen molar-refractivity contribution >= 4 is 13.3 Å². The zero-order valence-electron chi connectivity index (χ0n) is 11.2. The molecular formula is C15H15N2O3P.